The van der Waals surface area contributed by atoms with Crippen molar-refractivity contribution in [2.75, 3.05) is 0 Å². The summed E-state index contributed by atoms with van der Waals surface area (Å²) in [5.74, 6) is -0.407. The summed E-state index contributed by atoms with van der Waals surface area (Å²) in [6.07, 6.45) is 0. The maximum absolute atomic E-state index is 12.8. The maximum Gasteiger partial charge on any atom is 0.341 e. The van der Waals surface area contributed by atoms with Gasteiger partial charge >= 0.3 is 5.63 Å². The fourth-order valence-corrected chi connectivity index (χ4v) is 1.25. The summed E-state index contributed by atoms with van der Waals surface area (Å²) in [5, 5.41) is 9.26. The van der Waals surface area contributed by atoms with Crippen molar-refractivity contribution in [1.82, 2.24) is 0 Å². The van der Waals surface area contributed by atoms with Crippen LogP contribution in [0.2, 0.25) is 0 Å². The predicted octanol–water partition coefficient (Wildman–Crippen LogP) is 1.42. The third-order valence-electron chi connectivity index (χ3n) is 1.94. The number of aliphatic hydroxyl groups excluding tert-OH is 1. The molecule has 1 aromatic heterocycles. The monoisotopic (exact) mass is 194 g/mol. The molecular weight excluding hydrogens is 187 g/mol. The summed E-state index contributed by atoms with van der Waals surface area (Å²) in [4.78, 5) is 11.1. The minimum absolute atomic E-state index is 0.128. The molecule has 0 saturated heterocycles. The number of benzene rings is 1. The van der Waals surface area contributed by atoms with Gasteiger partial charge in [0.15, 0.2) is 0 Å². The number of hydrogen-bond acceptors (Lipinski definition) is 3. The van der Waals surface area contributed by atoms with Gasteiger partial charge in [-0.1, -0.05) is 0 Å². The third-order valence-corrected chi connectivity index (χ3v) is 1.94. The number of halogens is 1. The van der Waals surface area contributed by atoms with Gasteiger partial charge in [0, 0.05) is 5.39 Å². The van der Waals surface area contributed by atoms with Gasteiger partial charge < -0.3 is 9.52 Å². The van der Waals surface area contributed by atoms with Crippen molar-refractivity contribution in [3.05, 3.63) is 46.1 Å². The molecule has 72 valence electrons. The van der Waals surface area contributed by atoms with Gasteiger partial charge in [-0.25, -0.2) is 9.18 Å². The Morgan fingerprint density at radius 1 is 1.36 bits per heavy atom. The zero-order valence-electron chi connectivity index (χ0n) is 7.16. The molecule has 2 aromatic rings. The van der Waals surface area contributed by atoms with E-state index in [-0.39, 0.29) is 5.56 Å². The van der Waals surface area contributed by atoms with E-state index in [1.807, 2.05) is 0 Å². The molecule has 1 heterocycles. The quantitative estimate of drug-likeness (QED) is 0.698. The van der Waals surface area contributed by atoms with Crippen LogP contribution in [0.15, 0.2) is 33.5 Å². The van der Waals surface area contributed by atoms with Crippen molar-refractivity contribution in [1.29, 1.82) is 0 Å². The van der Waals surface area contributed by atoms with Crippen molar-refractivity contribution < 1.29 is 13.9 Å². The number of rotatable bonds is 1. The lowest BCUT2D eigenvalue weighted by atomic mass is 10.2. The van der Waals surface area contributed by atoms with E-state index in [2.05, 4.69) is 0 Å². The molecule has 0 aliphatic carbocycles. The van der Waals surface area contributed by atoms with Gasteiger partial charge in [0.1, 0.15) is 11.4 Å². The van der Waals surface area contributed by atoms with Gasteiger partial charge in [0.2, 0.25) is 0 Å². The van der Waals surface area contributed by atoms with E-state index in [9.17, 15) is 9.18 Å². The maximum atomic E-state index is 12.8. The van der Waals surface area contributed by atoms with E-state index >= 15 is 0 Å². The van der Waals surface area contributed by atoms with Gasteiger partial charge in [-0.15, -0.1) is 0 Å². The van der Waals surface area contributed by atoms with Gasteiger partial charge in [-0.2, -0.15) is 0 Å². The molecule has 0 radical (unpaired) electrons. The Labute approximate surface area is 78.4 Å². The van der Waals surface area contributed by atoms with Crippen LogP contribution >= 0.6 is 0 Å². The van der Waals surface area contributed by atoms with Crippen molar-refractivity contribution in [3.8, 4) is 0 Å². The van der Waals surface area contributed by atoms with E-state index in [4.69, 9.17) is 9.52 Å². The molecule has 0 fully saturated rings. The molecule has 3 nitrogen and oxygen atoms in total. The summed E-state index contributed by atoms with van der Waals surface area (Å²) < 4.78 is 17.6. The van der Waals surface area contributed by atoms with Crippen LogP contribution in [0, 0.1) is 5.82 Å². The molecule has 0 atom stereocenters. The number of aliphatic hydroxyl groups is 1. The Morgan fingerprint density at radius 3 is 2.86 bits per heavy atom. The van der Waals surface area contributed by atoms with E-state index in [0.717, 1.165) is 0 Å². The van der Waals surface area contributed by atoms with Crippen LogP contribution in [0.3, 0.4) is 0 Å². The highest BCUT2D eigenvalue weighted by Gasteiger charge is 2.04. The molecule has 2 rings (SSSR count). The van der Waals surface area contributed by atoms with Crippen molar-refractivity contribution in [2.45, 2.75) is 6.61 Å². The van der Waals surface area contributed by atoms with Crippen LogP contribution in [0.25, 0.3) is 11.0 Å². The first-order valence-corrected chi connectivity index (χ1v) is 4.04. The molecule has 0 amide bonds. The average molecular weight is 194 g/mol. The van der Waals surface area contributed by atoms with Gasteiger partial charge in [-0.05, 0) is 24.3 Å². The molecule has 0 bridgehead atoms. The fourth-order valence-electron chi connectivity index (χ4n) is 1.25. The van der Waals surface area contributed by atoms with Crippen LogP contribution in [0.4, 0.5) is 4.39 Å². The lowest BCUT2D eigenvalue weighted by Gasteiger charge is -1.98. The molecule has 0 spiro atoms. The molecule has 1 N–H and O–H groups in total. The molecular formula is C10H7FO3. The average Bonchev–Trinajstić information content (AvgIpc) is 2.17. The zero-order valence-corrected chi connectivity index (χ0v) is 7.16. The van der Waals surface area contributed by atoms with Crippen LogP contribution < -0.4 is 5.63 Å². The molecule has 0 aliphatic heterocycles. The van der Waals surface area contributed by atoms with Gasteiger partial charge in [0.05, 0.1) is 12.2 Å². The molecule has 1 aromatic carbocycles. The van der Waals surface area contributed by atoms with Crippen molar-refractivity contribution >= 4 is 11.0 Å². The third kappa shape index (κ3) is 1.40. The van der Waals surface area contributed by atoms with Gasteiger partial charge in [-0.3, -0.25) is 0 Å². The minimum Gasteiger partial charge on any atom is -0.422 e. The number of fused-ring (bicyclic) bond motifs is 1. The summed E-state index contributed by atoms with van der Waals surface area (Å²) in [7, 11) is 0. The topological polar surface area (TPSA) is 50.4 Å². The molecule has 0 aliphatic rings. The second kappa shape index (κ2) is 3.23. The van der Waals surface area contributed by atoms with Gasteiger partial charge in [0.25, 0.3) is 0 Å². The lowest BCUT2D eigenvalue weighted by molar-refractivity contribution is 0.276. The Bertz CT molecular complexity index is 530. The highest BCUT2D eigenvalue weighted by atomic mass is 19.1. The normalized spacial score (nSPS) is 10.7. The van der Waals surface area contributed by atoms with Crippen molar-refractivity contribution in [2.24, 2.45) is 0 Å². The molecule has 14 heavy (non-hydrogen) atoms. The predicted molar refractivity (Wildman–Crippen MR) is 48.4 cm³/mol. The molecule has 0 saturated carbocycles. The van der Waals surface area contributed by atoms with E-state index in [1.54, 1.807) is 0 Å². The second-order valence-electron chi connectivity index (χ2n) is 2.90. The summed E-state index contributed by atoms with van der Waals surface area (Å²) in [6.45, 7) is -0.408. The van der Waals surface area contributed by atoms with Crippen LogP contribution in [-0.4, -0.2) is 5.11 Å². The molecule has 4 heteroatoms. The first kappa shape index (κ1) is 8.90. The molecule has 0 unspecified atom stereocenters. The Balaban J connectivity index is 2.80. The van der Waals surface area contributed by atoms with Crippen LogP contribution in [-0.2, 0) is 6.61 Å². The second-order valence-corrected chi connectivity index (χ2v) is 2.90. The Hall–Kier alpha value is -1.68. The summed E-state index contributed by atoms with van der Waals surface area (Å²) in [5.41, 5.74) is -0.150. The standard InChI is InChI=1S/C10H7FO3/c11-8-1-2-9-6(4-8)3-7(5-12)10(13)14-9/h1-4,12H,5H2. The highest BCUT2D eigenvalue weighted by molar-refractivity contribution is 5.76. The van der Waals surface area contributed by atoms with E-state index in [0.29, 0.717) is 11.0 Å². The lowest BCUT2D eigenvalue weighted by Crippen LogP contribution is -2.06. The first-order chi connectivity index (χ1) is 6.70. The largest absolute Gasteiger partial charge is 0.422 e. The van der Waals surface area contributed by atoms with Crippen LogP contribution in [0.1, 0.15) is 5.56 Å². The minimum atomic E-state index is -0.591. The summed E-state index contributed by atoms with van der Waals surface area (Å²) in [6, 6.07) is 5.26. The SMILES string of the molecule is O=c1oc2ccc(F)cc2cc1CO. The fraction of sp³-hybridized carbons (Fsp3) is 0.100. The zero-order chi connectivity index (χ0) is 10.1. The van der Waals surface area contributed by atoms with E-state index in [1.165, 1.54) is 24.3 Å². The smallest absolute Gasteiger partial charge is 0.341 e. The number of hydrogen-bond donors (Lipinski definition) is 1. The Kier molecular flexibility index (Phi) is 2.05. The van der Waals surface area contributed by atoms with Crippen LogP contribution in [0.5, 0.6) is 0 Å². The summed E-state index contributed by atoms with van der Waals surface area (Å²) >= 11 is 0. The highest BCUT2D eigenvalue weighted by Crippen LogP contribution is 2.14. The van der Waals surface area contributed by atoms with Crippen molar-refractivity contribution in [3.63, 3.8) is 0 Å². The van der Waals surface area contributed by atoms with E-state index < -0.39 is 18.0 Å². The first-order valence-electron chi connectivity index (χ1n) is 4.04. The Morgan fingerprint density at radius 2 is 2.14 bits per heavy atom.